The van der Waals surface area contributed by atoms with Crippen molar-refractivity contribution in [3.05, 3.63) is 53.0 Å². The summed E-state index contributed by atoms with van der Waals surface area (Å²) in [6.07, 6.45) is 5.32. The predicted molar refractivity (Wildman–Crippen MR) is 105 cm³/mol. The van der Waals surface area contributed by atoms with Gasteiger partial charge in [0.2, 0.25) is 5.91 Å². The number of hydrogen-bond donors (Lipinski definition) is 2. The van der Waals surface area contributed by atoms with E-state index in [1.165, 1.54) is 16.7 Å². The van der Waals surface area contributed by atoms with Crippen LogP contribution in [0.5, 0.6) is 0 Å². The first-order valence-corrected chi connectivity index (χ1v) is 9.15. The molecule has 0 aromatic heterocycles. The Bertz CT molecular complexity index is 760. The summed E-state index contributed by atoms with van der Waals surface area (Å²) in [6, 6.07) is 9.71. The van der Waals surface area contributed by atoms with Crippen LogP contribution in [0.25, 0.3) is 6.08 Å². The molecule has 1 aliphatic rings. The van der Waals surface area contributed by atoms with Gasteiger partial charge in [0.1, 0.15) is 4.32 Å². The maximum absolute atomic E-state index is 12.4. The molecule has 1 aliphatic heterocycles. The van der Waals surface area contributed by atoms with E-state index in [-0.39, 0.29) is 37.7 Å². The third-order valence-corrected chi connectivity index (χ3v) is 4.83. The van der Waals surface area contributed by atoms with Crippen molar-refractivity contribution in [2.45, 2.75) is 12.8 Å². The molecule has 26 heavy (non-hydrogen) atoms. The molecule has 2 amide bonds. The highest BCUT2D eigenvalue weighted by Gasteiger charge is 2.31. The molecule has 0 bridgehead atoms. The summed E-state index contributed by atoms with van der Waals surface area (Å²) < 4.78 is 0.410. The lowest BCUT2D eigenvalue weighted by Crippen LogP contribution is -2.34. The standard InChI is InChI=1S/C18H18N2O4S2/c21-15(19-11-9-16(22)23)10-12-20-17(24)14(26-18(20)25)8-4-7-13-5-2-1-3-6-13/h1-8H,9-12H2,(H,19,21)(H,22,23). The maximum atomic E-state index is 12.4. The Morgan fingerprint density at radius 2 is 1.96 bits per heavy atom. The van der Waals surface area contributed by atoms with Crippen molar-refractivity contribution in [3.8, 4) is 0 Å². The monoisotopic (exact) mass is 390 g/mol. The fourth-order valence-electron chi connectivity index (χ4n) is 2.13. The van der Waals surface area contributed by atoms with Crippen molar-refractivity contribution in [1.82, 2.24) is 10.2 Å². The van der Waals surface area contributed by atoms with Gasteiger partial charge in [0.05, 0.1) is 11.3 Å². The van der Waals surface area contributed by atoms with Crippen LogP contribution >= 0.6 is 24.0 Å². The lowest BCUT2D eigenvalue weighted by molar-refractivity contribution is -0.136. The van der Waals surface area contributed by atoms with E-state index in [9.17, 15) is 14.4 Å². The van der Waals surface area contributed by atoms with E-state index in [0.717, 1.165) is 5.56 Å². The summed E-state index contributed by atoms with van der Waals surface area (Å²) in [7, 11) is 0. The van der Waals surface area contributed by atoms with E-state index < -0.39 is 5.97 Å². The number of carboxylic acid groups (broad SMARTS) is 1. The molecule has 1 saturated heterocycles. The quantitative estimate of drug-likeness (QED) is 0.524. The fraction of sp³-hybridized carbons (Fsp3) is 0.222. The van der Waals surface area contributed by atoms with Crippen molar-refractivity contribution >= 4 is 52.2 Å². The highest BCUT2D eigenvalue weighted by Crippen LogP contribution is 2.31. The molecule has 0 atom stereocenters. The van der Waals surface area contributed by atoms with E-state index in [1.807, 2.05) is 36.4 Å². The lowest BCUT2D eigenvalue weighted by atomic mass is 10.2. The molecule has 8 heteroatoms. The molecule has 1 aromatic rings. The molecule has 0 unspecified atom stereocenters. The second kappa shape index (κ2) is 9.88. The van der Waals surface area contributed by atoms with E-state index in [4.69, 9.17) is 17.3 Å². The molecule has 1 heterocycles. The van der Waals surface area contributed by atoms with Gasteiger partial charge in [-0.15, -0.1) is 0 Å². The topological polar surface area (TPSA) is 86.7 Å². The highest BCUT2D eigenvalue weighted by molar-refractivity contribution is 8.26. The number of carbonyl (C=O) groups is 3. The van der Waals surface area contributed by atoms with Gasteiger partial charge < -0.3 is 10.4 Å². The molecular weight excluding hydrogens is 372 g/mol. The van der Waals surface area contributed by atoms with Crippen LogP contribution in [0.3, 0.4) is 0 Å². The number of thioether (sulfide) groups is 1. The number of aliphatic carboxylic acids is 1. The van der Waals surface area contributed by atoms with Crippen LogP contribution in [0.15, 0.2) is 47.4 Å². The SMILES string of the molecule is O=C(O)CCNC(=O)CCN1C(=O)C(=CC=Cc2ccccc2)SC1=S. The van der Waals surface area contributed by atoms with Crippen molar-refractivity contribution < 1.29 is 19.5 Å². The molecule has 0 saturated carbocycles. The minimum Gasteiger partial charge on any atom is -0.481 e. The van der Waals surface area contributed by atoms with Crippen LogP contribution in [0.2, 0.25) is 0 Å². The maximum Gasteiger partial charge on any atom is 0.305 e. The molecule has 2 rings (SSSR count). The Balaban J connectivity index is 1.86. The van der Waals surface area contributed by atoms with E-state index in [1.54, 1.807) is 12.2 Å². The van der Waals surface area contributed by atoms with Crippen molar-refractivity contribution in [2.24, 2.45) is 0 Å². The Morgan fingerprint density at radius 1 is 1.23 bits per heavy atom. The zero-order chi connectivity index (χ0) is 18.9. The summed E-state index contributed by atoms with van der Waals surface area (Å²) in [5, 5.41) is 11.0. The molecule has 0 spiro atoms. The van der Waals surface area contributed by atoms with Gasteiger partial charge in [-0.1, -0.05) is 66.5 Å². The first-order chi connectivity index (χ1) is 12.5. The first kappa shape index (κ1) is 19.9. The molecule has 0 radical (unpaired) electrons. The summed E-state index contributed by atoms with van der Waals surface area (Å²) in [4.78, 5) is 36.4. The largest absolute Gasteiger partial charge is 0.481 e. The normalized spacial score (nSPS) is 15.8. The average molecular weight is 390 g/mol. The van der Waals surface area contributed by atoms with E-state index in [0.29, 0.717) is 9.23 Å². The second-order valence-corrected chi connectivity index (χ2v) is 7.04. The van der Waals surface area contributed by atoms with Gasteiger partial charge in [-0.2, -0.15) is 0 Å². The summed E-state index contributed by atoms with van der Waals surface area (Å²) in [5.41, 5.74) is 1.03. The summed E-state index contributed by atoms with van der Waals surface area (Å²) in [6.45, 7) is 0.236. The highest BCUT2D eigenvalue weighted by atomic mass is 32.2. The van der Waals surface area contributed by atoms with Crippen LogP contribution in [-0.4, -0.2) is 45.2 Å². The predicted octanol–water partition coefficient (Wildman–Crippen LogP) is 2.43. The van der Waals surface area contributed by atoms with Gasteiger partial charge in [-0.05, 0) is 11.6 Å². The van der Waals surface area contributed by atoms with Gasteiger partial charge in [-0.3, -0.25) is 19.3 Å². The first-order valence-electron chi connectivity index (χ1n) is 7.93. The summed E-state index contributed by atoms with van der Waals surface area (Å²) >= 11 is 6.40. The van der Waals surface area contributed by atoms with Crippen molar-refractivity contribution in [3.63, 3.8) is 0 Å². The molecule has 0 aliphatic carbocycles. The Hall–Kier alpha value is -2.45. The molecular formula is C18H18N2O4S2. The number of carboxylic acids is 1. The smallest absolute Gasteiger partial charge is 0.305 e. The molecule has 136 valence electrons. The number of carbonyl (C=O) groups excluding carboxylic acids is 2. The minimum absolute atomic E-state index is 0.0662. The van der Waals surface area contributed by atoms with Crippen molar-refractivity contribution in [1.29, 1.82) is 0 Å². The molecule has 6 nitrogen and oxygen atoms in total. The number of benzene rings is 1. The summed E-state index contributed by atoms with van der Waals surface area (Å²) in [5.74, 6) is -1.51. The molecule has 1 aromatic carbocycles. The number of rotatable bonds is 8. The van der Waals surface area contributed by atoms with Crippen LogP contribution < -0.4 is 5.32 Å². The molecule has 1 fully saturated rings. The lowest BCUT2D eigenvalue weighted by Gasteiger charge is -2.13. The van der Waals surface area contributed by atoms with E-state index in [2.05, 4.69) is 5.32 Å². The number of amides is 2. The number of nitrogens with zero attached hydrogens (tertiary/aromatic N) is 1. The van der Waals surface area contributed by atoms with E-state index >= 15 is 0 Å². The number of thiocarbonyl (C=S) groups is 1. The Morgan fingerprint density at radius 3 is 2.65 bits per heavy atom. The third kappa shape index (κ3) is 6.12. The third-order valence-electron chi connectivity index (χ3n) is 3.43. The molecule has 2 N–H and O–H groups in total. The van der Waals surface area contributed by atoms with Crippen LogP contribution in [0, 0.1) is 0 Å². The second-order valence-electron chi connectivity index (χ2n) is 5.37. The zero-order valence-electron chi connectivity index (χ0n) is 13.9. The minimum atomic E-state index is -0.976. The zero-order valence-corrected chi connectivity index (χ0v) is 15.5. The fourth-order valence-corrected chi connectivity index (χ4v) is 3.39. The van der Waals surface area contributed by atoms with Crippen LogP contribution in [-0.2, 0) is 14.4 Å². The van der Waals surface area contributed by atoms with Crippen molar-refractivity contribution in [2.75, 3.05) is 13.1 Å². The average Bonchev–Trinajstić information content (AvgIpc) is 2.87. The van der Waals surface area contributed by atoms with Gasteiger partial charge in [-0.25, -0.2) is 0 Å². The number of nitrogens with one attached hydrogen (secondary N) is 1. The Kier molecular flexibility index (Phi) is 7.55. The van der Waals surface area contributed by atoms with Gasteiger partial charge in [0.25, 0.3) is 5.91 Å². The van der Waals surface area contributed by atoms with Crippen LogP contribution in [0.4, 0.5) is 0 Å². The van der Waals surface area contributed by atoms with Crippen LogP contribution in [0.1, 0.15) is 18.4 Å². The van der Waals surface area contributed by atoms with Gasteiger partial charge >= 0.3 is 5.97 Å². The van der Waals surface area contributed by atoms with Gasteiger partial charge in [0.15, 0.2) is 0 Å². The number of allylic oxidation sites excluding steroid dienone is 2. The Labute approximate surface area is 160 Å². The van der Waals surface area contributed by atoms with Gasteiger partial charge in [0, 0.05) is 19.5 Å². The number of hydrogen-bond acceptors (Lipinski definition) is 5.